The van der Waals surface area contributed by atoms with Gasteiger partial charge in [0, 0.05) is 6.04 Å². The number of halogens is 1. The van der Waals surface area contributed by atoms with E-state index in [0.717, 1.165) is 11.3 Å². The number of carboxylic acid groups (broad SMARTS) is 1. The summed E-state index contributed by atoms with van der Waals surface area (Å²) < 4.78 is 27.2. The molecule has 1 unspecified atom stereocenters. The molecular weight excluding hydrogens is 354 g/mol. The van der Waals surface area contributed by atoms with Gasteiger partial charge in [-0.3, -0.25) is 0 Å². The van der Waals surface area contributed by atoms with Crippen molar-refractivity contribution in [3.63, 3.8) is 0 Å². The molecule has 1 rings (SSSR count). The van der Waals surface area contributed by atoms with Crippen LogP contribution >= 0.6 is 27.3 Å². The Balaban J connectivity index is 2.97. The third-order valence-corrected chi connectivity index (χ3v) is 6.17. The quantitative estimate of drug-likeness (QED) is 0.807. The highest BCUT2D eigenvalue weighted by Gasteiger charge is 2.24. The average Bonchev–Trinajstić information content (AvgIpc) is 2.58. The third kappa shape index (κ3) is 4.55. The number of aromatic carboxylic acids is 1. The minimum absolute atomic E-state index is 0.0104. The van der Waals surface area contributed by atoms with Crippen LogP contribution in [0.5, 0.6) is 0 Å². The molecule has 1 atom stereocenters. The van der Waals surface area contributed by atoms with E-state index < -0.39 is 16.0 Å². The predicted molar refractivity (Wildman–Crippen MR) is 78.2 cm³/mol. The normalized spacial score (nSPS) is 13.7. The van der Waals surface area contributed by atoms with E-state index in [-0.39, 0.29) is 15.8 Å². The molecule has 19 heavy (non-hydrogen) atoms. The Labute approximate surface area is 125 Å². The van der Waals surface area contributed by atoms with Crippen molar-refractivity contribution in [3.8, 4) is 0 Å². The Bertz CT molecular complexity index is 565. The molecule has 0 spiro atoms. The molecule has 1 aromatic rings. The SMILES string of the molecule is CC(C)CC(C)NS(=O)(=O)c1cc(C(=O)O)sc1Br. The van der Waals surface area contributed by atoms with Crippen LogP contribution in [0.4, 0.5) is 0 Å². The van der Waals surface area contributed by atoms with Crippen LogP contribution in [0.15, 0.2) is 14.7 Å². The van der Waals surface area contributed by atoms with Gasteiger partial charge in [0.2, 0.25) is 10.0 Å². The highest BCUT2D eigenvalue weighted by Crippen LogP contribution is 2.31. The zero-order valence-electron chi connectivity index (χ0n) is 10.8. The molecule has 0 saturated heterocycles. The molecule has 8 heteroatoms. The monoisotopic (exact) mass is 369 g/mol. The Morgan fingerprint density at radius 2 is 2.05 bits per heavy atom. The maximum absolute atomic E-state index is 12.2. The summed E-state index contributed by atoms with van der Waals surface area (Å²) in [7, 11) is -3.70. The van der Waals surface area contributed by atoms with Gasteiger partial charge >= 0.3 is 5.97 Å². The van der Waals surface area contributed by atoms with Gasteiger partial charge in [0.05, 0.1) is 3.79 Å². The van der Waals surface area contributed by atoms with Gasteiger partial charge in [-0.1, -0.05) is 13.8 Å². The first-order valence-corrected chi connectivity index (χ1v) is 8.77. The lowest BCUT2D eigenvalue weighted by atomic mass is 10.1. The summed E-state index contributed by atoms with van der Waals surface area (Å²) in [6.07, 6.45) is 0.715. The van der Waals surface area contributed by atoms with E-state index in [2.05, 4.69) is 20.7 Å². The van der Waals surface area contributed by atoms with Crippen LogP contribution in [-0.4, -0.2) is 25.5 Å². The van der Waals surface area contributed by atoms with E-state index in [9.17, 15) is 13.2 Å². The molecule has 0 saturated carbocycles. The Morgan fingerprint density at radius 3 is 2.47 bits per heavy atom. The van der Waals surface area contributed by atoms with Crippen molar-refractivity contribution < 1.29 is 18.3 Å². The largest absolute Gasteiger partial charge is 0.477 e. The zero-order valence-corrected chi connectivity index (χ0v) is 14.0. The van der Waals surface area contributed by atoms with Gasteiger partial charge in [-0.25, -0.2) is 17.9 Å². The van der Waals surface area contributed by atoms with Crippen LogP contribution in [0.3, 0.4) is 0 Å². The molecule has 0 aliphatic carbocycles. The maximum Gasteiger partial charge on any atom is 0.345 e. The summed E-state index contributed by atoms with van der Waals surface area (Å²) in [5, 5.41) is 8.86. The van der Waals surface area contributed by atoms with Crippen molar-refractivity contribution in [2.75, 3.05) is 0 Å². The van der Waals surface area contributed by atoms with Crippen molar-refractivity contribution in [1.29, 1.82) is 0 Å². The lowest BCUT2D eigenvalue weighted by Crippen LogP contribution is -2.33. The molecule has 0 aliphatic heterocycles. The van der Waals surface area contributed by atoms with Crippen LogP contribution < -0.4 is 4.72 Å². The van der Waals surface area contributed by atoms with Crippen molar-refractivity contribution in [3.05, 3.63) is 14.7 Å². The number of thiophene rings is 1. The summed E-state index contributed by atoms with van der Waals surface area (Å²) >= 11 is 3.99. The maximum atomic E-state index is 12.2. The summed E-state index contributed by atoms with van der Waals surface area (Å²) in [5.74, 6) is -0.763. The van der Waals surface area contributed by atoms with Gasteiger partial charge in [0.15, 0.2) is 0 Å². The lowest BCUT2D eigenvalue weighted by molar-refractivity contribution is 0.0702. The van der Waals surface area contributed by atoms with Gasteiger partial charge < -0.3 is 5.11 Å². The van der Waals surface area contributed by atoms with Crippen molar-refractivity contribution >= 4 is 43.3 Å². The van der Waals surface area contributed by atoms with Crippen LogP contribution in [0, 0.1) is 5.92 Å². The fourth-order valence-electron chi connectivity index (χ4n) is 1.72. The number of hydrogen-bond acceptors (Lipinski definition) is 4. The number of hydrogen-bond donors (Lipinski definition) is 2. The van der Waals surface area contributed by atoms with E-state index in [0.29, 0.717) is 16.1 Å². The fourth-order valence-corrected chi connectivity index (χ4v) is 5.38. The molecule has 0 fully saturated rings. The Morgan fingerprint density at radius 1 is 1.47 bits per heavy atom. The topological polar surface area (TPSA) is 83.5 Å². The van der Waals surface area contributed by atoms with Gasteiger partial charge in [-0.15, -0.1) is 11.3 Å². The van der Waals surface area contributed by atoms with E-state index in [1.807, 2.05) is 13.8 Å². The number of carboxylic acids is 1. The second-order valence-corrected chi connectivity index (χ2v) is 8.76. The number of nitrogens with one attached hydrogen (secondary N) is 1. The van der Waals surface area contributed by atoms with Gasteiger partial charge in [0.25, 0.3) is 0 Å². The summed E-state index contributed by atoms with van der Waals surface area (Å²) in [4.78, 5) is 10.8. The molecular formula is C11H16BrNO4S2. The molecule has 0 radical (unpaired) electrons. The van der Waals surface area contributed by atoms with Crippen LogP contribution in [-0.2, 0) is 10.0 Å². The van der Waals surface area contributed by atoms with Gasteiger partial charge in [-0.2, -0.15) is 0 Å². The summed E-state index contributed by atoms with van der Waals surface area (Å²) in [5.41, 5.74) is 0. The minimum atomic E-state index is -3.70. The molecule has 0 amide bonds. The smallest absolute Gasteiger partial charge is 0.345 e. The van der Waals surface area contributed by atoms with Crippen molar-refractivity contribution in [1.82, 2.24) is 4.72 Å². The first-order chi connectivity index (χ1) is 8.63. The predicted octanol–water partition coefficient (Wildman–Crippen LogP) is 2.92. The van der Waals surface area contributed by atoms with Crippen LogP contribution in [0.1, 0.15) is 36.9 Å². The molecule has 0 aromatic carbocycles. The molecule has 2 N–H and O–H groups in total. The molecule has 1 heterocycles. The zero-order chi connectivity index (χ0) is 14.8. The van der Waals surface area contributed by atoms with Crippen molar-refractivity contribution in [2.24, 2.45) is 5.92 Å². The summed E-state index contributed by atoms with van der Waals surface area (Å²) in [6.45, 7) is 5.80. The molecule has 0 aliphatic rings. The molecule has 0 bridgehead atoms. The molecule has 1 aromatic heterocycles. The average molecular weight is 370 g/mol. The third-order valence-electron chi connectivity index (χ3n) is 2.34. The number of sulfonamides is 1. The Kier molecular flexibility index (Phi) is 5.54. The highest BCUT2D eigenvalue weighted by molar-refractivity contribution is 9.11. The molecule has 108 valence electrons. The van der Waals surface area contributed by atoms with Crippen molar-refractivity contribution in [2.45, 2.75) is 38.1 Å². The molecule has 5 nitrogen and oxygen atoms in total. The first kappa shape index (κ1) is 16.6. The van der Waals surface area contributed by atoms with E-state index in [1.54, 1.807) is 6.92 Å². The number of rotatable bonds is 6. The van der Waals surface area contributed by atoms with Gasteiger partial charge in [-0.05, 0) is 41.3 Å². The highest BCUT2D eigenvalue weighted by atomic mass is 79.9. The summed E-state index contributed by atoms with van der Waals surface area (Å²) in [6, 6.07) is 0.965. The Hall–Kier alpha value is -0.440. The first-order valence-electron chi connectivity index (χ1n) is 5.68. The van der Waals surface area contributed by atoms with E-state index in [4.69, 9.17) is 5.11 Å². The van der Waals surface area contributed by atoms with E-state index >= 15 is 0 Å². The fraction of sp³-hybridized carbons (Fsp3) is 0.545. The minimum Gasteiger partial charge on any atom is -0.477 e. The van der Waals surface area contributed by atoms with Crippen LogP contribution in [0.25, 0.3) is 0 Å². The van der Waals surface area contributed by atoms with Crippen LogP contribution in [0.2, 0.25) is 0 Å². The number of carbonyl (C=O) groups is 1. The van der Waals surface area contributed by atoms with Gasteiger partial charge in [0.1, 0.15) is 9.77 Å². The second kappa shape index (κ2) is 6.34. The lowest BCUT2D eigenvalue weighted by Gasteiger charge is -2.15. The van der Waals surface area contributed by atoms with E-state index in [1.165, 1.54) is 6.07 Å². The second-order valence-electron chi connectivity index (χ2n) is 4.71. The standard InChI is InChI=1S/C11H16BrNO4S2/c1-6(2)4-7(3)13-19(16,17)9-5-8(11(14)15)18-10(9)12/h5-7,13H,4H2,1-3H3,(H,14,15).